The topological polar surface area (TPSA) is 126 Å². The van der Waals surface area contributed by atoms with Crippen LogP contribution in [0.15, 0.2) is 30.3 Å². The van der Waals surface area contributed by atoms with E-state index in [-0.39, 0.29) is 5.84 Å². The fourth-order valence-electron chi connectivity index (χ4n) is 2.94. The quantitative estimate of drug-likeness (QED) is 0.325. The van der Waals surface area contributed by atoms with Gasteiger partial charge in [0.05, 0.1) is 37.2 Å². The maximum absolute atomic E-state index is 7.53. The molecule has 8 nitrogen and oxygen atoms in total. The number of benzene rings is 2. The Bertz CT molecular complexity index is 1130. The summed E-state index contributed by atoms with van der Waals surface area (Å²) >= 11 is 0. The molecular weight excluding hydrogens is 332 g/mol. The maximum atomic E-state index is 7.53. The molecule has 0 unspecified atom stereocenters. The van der Waals surface area contributed by atoms with Crippen LogP contribution in [0.2, 0.25) is 0 Å². The van der Waals surface area contributed by atoms with Crippen molar-refractivity contribution in [3.05, 3.63) is 47.5 Å². The minimum atomic E-state index is 0.0229. The van der Waals surface area contributed by atoms with Crippen LogP contribution < -0.4 is 15.2 Å². The molecule has 26 heavy (non-hydrogen) atoms. The molecule has 0 bridgehead atoms. The monoisotopic (exact) mass is 350 g/mol. The average molecular weight is 350 g/mol. The molecule has 8 heteroatoms. The zero-order chi connectivity index (χ0) is 18.3. The van der Waals surface area contributed by atoms with Gasteiger partial charge in [-0.3, -0.25) is 5.41 Å². The zero-order valence-corrected chi connectivity index (χ0v) is 14.4. The Balaban J connectivity index is 1.70. The fourth-order valence-corrected chi connectivity index (χ4v) is 2.94. The highest BCUT2D eigenvalue weighted by Gasteiger charge is 2.13. The van der Waals surface area contributed by atoms with Gasteiger partial charge in [0.1, 0.15) is 34.5 Å². The van der Waals surface area contributed by atoms with Crippen LogP contribution in [0.1, 0.15) is 17.2 Å². The standard InChI is InChI=1S/C18H18N6O2/c1-25-10-6-13-17(14(7-10)26-2)24-16(23-13)8-15-21-11-4-3-9(18(19)20)5-12(11)22-15/h3-7H,8H2,1-2H3,(H3,19,20)(H,21,22)(H,23,24). The molecule has 0 saturated heterocycles. The predicted molar refractivity (Wildman–Crippen MR) is 99.1 cm³/mol. The number of aromatic amines is 2. The number of aromatic nitrogens is 4. The van der Waals surface area contributed by atoms with Crippen LogP contribution in [0.3, 0.4) is 0 Å². The third-order valence-electron chi connectivity index (χ3n) is 4.21. The molecule has 2 aromatic carbocycles. The maximum Gasteiger partial charge on any atom is 0.150 e. The Hall–Kier alpha value is -3.55. The summed E-state index contributed by atoms with van der Waals surface area (Å²) in [6, 6.07) is 9.15. The van der Waals surface area contributed by atoms with Gasteiger partial charge in [0.2, 0.25) is 0 Å². The molecule has 0 aliphatic carbocycles. The van der Waals surface area contributed by atoms with Crippen molar-refractivity contribution in [2.75, 3.05) is 14.2 Å². The van der Waals surface area contributed by atoms with Crippen LogP contribution in [0.25, 0.3) is 22.1 Å². The highest BCUT2D eigenvalue weighted by molar-refractivity contribution is 5.97. The van der Waals surface area contributed by atoms with Crippen LogP contribution in [0, 0.1) is 5.41 Å². The van der Waals surface area contributed by atoms with E-state index in [1.807, 2.05) is 12.1 Å². The second-order valence-electron chi connectivity index (χ2n) is 5.92. The van der Waals surface area contributed by atoms with Gasteiger partial charge in [0.25, 0.3) is 0 Å². The summed E-state index contributed by atoms with van der Waals surface area (Å²) in [5.41, 5.74) is 9.43. The molecule has 2 aromatic heterocycles. The molecule has 0 spiro atoms. The Morgan fingerprint density at radius 2 is 1.81 bits per heavy atom. The molecule has 0 fully saturated rings. The molecule has 0 aliphatic heterocycles. The predicted octanol–water partition coefficient (Wildman–Crippen LogP) is 2.33. The number of hydrogen-bond donors (Lipinski definition) is 4. The first-order chi connectivity index (χ1) is 12.6. The number of amidine groups is 1. The minimum Gasteiger partial charge on any atom is -0.497 e. The Kier molecular flexibility index (Phi) is 3.72. The van der Waals surface area contributed by atoms with E-state index in [4.69, 9.17) is 20.6 Å². The van der Waals surface area contributed by atoms with E-state index in [0.29, 0.717) is 23.5 Å². The largest absolute Gasteiger partial charge is 0.497 e. The van der Waals surface area contributed by atoms with Crippen LogP contribution >= 0.6 is 0 Å². The van der Waals surface area contributed by atoms with Gasteiger partial charge in [-0.2, -0.15) is 0 Å². The highest BCUT2D eigenvalue weighted by Crippen LogP contribution is 2.29. The molecule has 4 rings (SSSR count). The van der Waals surface area contributed by atoms with E-state index >= 15 is 0 Å². The summed E-state index contributed by atoms with van der Waals surface area (Å²) in [6.45, 7) is 0. The van der Waals surface area contributed by atoms with E-state index in [2.05, 4.69) is 19.9 Å². The average Bonchev–Trinajstić information content (AvgIpc) is 3.22. The smallest absolute Gasteiger partial charge is 0.150 e. The number of imidazole rings is 2. The molecule has 0 amide bonds. The lowest BCUT2D eigenvalue weighted by molar-refractivity contribution is 0.397. The molecule has 132 valence electrons. The number of methoxy groups -OCH3 is 2. The van der Waals surface area contributed by atoms with Gasteiger partial charge in [-0.1, -0.05) is 0 Å². The Labute approximate surface area is 148 Å². The van der Waals surface area contributed by atoms with Gasteiger partial charge in [0.15, 0.2) is 0 Å². The number of H-pyrrole nitrogens is 2. The number of rotatable bonds is 5. The van der Waals surface area contributed by atoms with E-state index < -0.39 is 0 Å². The van der Waals surface area contributed by atoms with Crippen molar-refractivity contribution in [1.82, 2.24) is 19.9 Å². The van der Waals surface area contributed by atoms with Gasteiger partial charge >= 0.3 is 0 Å². The van der Waals surface area contributed by atoms with Crippen molar-refractivity contribution in [1.29, 1.82) is 5.41 Å². The van der Waals surface area contributed by atoms with Crippen molar-refractivity contribution in [2.45, 2.75) is 6.42 Å². The summed E-state index contributed by atoms with van der Waals surface area (Å²) in [4.78, 5) is 15.7. The highest BCUT2D eigenvalue weighted by atomic mass is 16.5. The van der Waals surface area contributed by atoms with Crippen LogP contribution in [0.4, 0.5) is 0 Å². The van der Waals surface area contributed by atoms with Crippen LogP contribution in [-0.2, 0) is 6.42 Å². The third kappa shape index (κ3) is 2.71. The van der Waals surface area contributed by atoms with Crippen molar-refractivity contribution in [3.8, 4) is 11.5 Å². The van der Waals surface area contributed by atoms with Gasteiger partial charge in [0, 0.05) is 17.7 Å². The number of fused-ring (bicyclic) bond motifs is 2. The number of nitrogens with two attached hydrogens (primary N) is 1. The number of nitrogen functional groups attached to an aromatic ring is 1. The van der Waals surface area contributed by atoms with Gasteiger partial charge in [-0.05, 0) is 18.2 Å². The van der Waals surface area contributed by atoms with Crippen molar-refractivity contribution >= 4 is 27.9 Å². The van der Waals surface area contributed by atoms with Gasteiger partial charge < -0.3 is 25.2 Å². The first-order valence-electron chi connectivity index (χ1n) is 8.01. The molecular formula is C18H18N6O2. The number of nitrogens with one attached hydrogen (secondary N) is 3. The number of ether oxygens (including phenoxy) is 2. The summed E-state index contributed by atoms with van der Waals surface area (Å²) < 4.78 is 10.7. The van der Waals surface area contributed by atoms with Gasteiger partial charge in [-0.15, -0.1) is 0 Å². The molecule has 0 saturated carbocycles. The summed E-state index contributed by atoms with van der Waals surface area (Å²) in [5, 5.41) is 7.53. The molecule has 2 heterocycles. The molecule has 5 N–H and O–H groups in total. The van der Waals surface area contributed by atoms with E-state index in [1.54, 1.807) is 32.4 Å². The fraction of sp³-hybridized carbons (Fsp3) is 0.167. The van der Waals surface area contributed by atoms with Crippen molar-refractivity contribution < 1.29 is 9.47 Å². The lowest BCUT2D eigenvalue weighted by Gasteiger charge is -2.03. The first-order valence-corrected chi connectivity index (χ1v) is 8.01. The SMILES string of the molecule is COc1cc(OC)c2nc(Cc3nc4cc(C(=N)N)ccc4[nH]3)[nH]c2c1. The van der Waals surface area contributed by atoms with E-state index in [9.17, 15) is 0 Å². The van der Waals surface area contributed by atoms with Crippen molar-refractivity contribution in [3.63, 3.8) is 0 Å². The molecule has 0 radical (unpaired) electrons. The molecule has 4 aromatic rings. The lowest BCUT2D eigenvalue weighted by atomic mass is 10.2. The van der Waals surface area contributed by atoms with Crippen molar-refractivity contribution in [2.24, 2.45) is 5.73 Å². The van der Waals surface area contributed by atoms with E-state index in [1.165, 1.54) is 0 Å². The Morgan fingerprint density at radius 3 is 2.54 bits per heavy atom. The summed E-state index contributed by atoms with van der Waals surface area (Å²) in [7, 11) is 3.22. The zero-order valence-electron chi connectivity index (χ0n) is 14.4. The number of nitrogens with zero attached hydrogens (tertiary/aromatic N) is 2. The second-order valence-corrected chi connectivity index (χ2v) is 5.92. The first kappa shape index (κ1) is 15.9. The van der Waals surface area contributed by atoms with Crippen LogP contribution in [0.5, 0.6) is 11.5 Å². The lowest BCUT2D eigenvalue weighted by Crippen LogP contribution is -2.10. The normalized spacial score (nSPS) is 11.2. The van der Waals surface area contributed by atoms with E-state index in [0.717, 1.165) is 33.7 Å². The third-order valence-corrected chi connectivity index (χ3v) is 4.21. The minimum absolute atomic E-state index is 0.0229. The molecule has 0 aliphatic rings. The summed E-state index contributed by atoms with van der Waals surface area (Å²) in [5.74, 6) is 2.90. The second kappa shape index (κ2) is 6.07. The number of hydrogen-bond acceptors (Lipinski definition) is 5. The summed E-state index contributed by atoms with van der Waals surface area (Å²) in [6.07, 6.45) is 0.504. The van der Waals surface area contributed by atoms with Crippen LogP contribution in [-0.4, -0.2) is 40.0 Å². The van der Waals surface area contributed by atoms with Gasteiger partial charge in [-0.25, -0.2) is 9.97 Å². The Morgan fingerprint density at radius 1 is 1.04 bits per heavy atom. The molecule has 0 atom stereocenters.